The minimum Gasteiger partial charge on any atom is -0.325 e. The standard InChI is InChI=1S/C24H23N3O4S/c1-17(28)25-21-9-3-4-10-22(21)26-24(29)19-12-14-20(15-13-19)32(30,31)27-16-6-8-18-7-2-5-11-23(18)27/h2-5,7,9-15H,6,8,16H2,1H3,(H,25,28)(H,26,29). The summed E-state index contributed by atoms with van der Waals surface area (Å²) in [6.45, 7) is 1.81. The minimum atomic E-state index is -3.74. The number of benzene rings is 3. The molecule has 0 saturated carbocycles. The number of sulfonamides is 1. The summed E-state index contributed by atoms with van der Waals surface area (Å²) < 4.78 is 27.9. The fraction of sp³-hybridized carbons (Fsp3) is 0.167. The van der Waals surface area contributed by atoms with Crippen LogP contribution in [0.3, 0.4) is 0 Å². The number of para-hydroxylation sites is 3. The lowest BCUT2D eigenvalue weighted by molar-refractivity contribution is -0.114. The second-order valence-corrected chi connectivity index (χ2v) is 9.38. The van der Waals surface area contributed by atoms with Gasteiger partial charge in [0, 0.05) is 19.0 Å². The molecular weight excluding hydrogens is 426 g/mol. The van der Waals surface area contributed by atoms with E-state index < -0.39 is 15.9 Å². The van der Waals surface area contributed by atoms with E-state index in [2.05, 4.69) is 10.6 Å². The van der Waals surface area contributed by atoms with Gasteiger partial charge in [0.15, 0.2) is 0 Å². The maximum absolute atomic E-state index is 13.3. The Balaban J connectivity index is 1.55. The summed E-state index contributed by atoms with van der Waals surface area (Å²) in [4.78, 5) is 24.2. The van der Waals surface area contributed by atoms with Gasteiger partial charge in [-0.1, -0.05) is 30.3 Å². The lowest BCUT2D eigenvalue weighted by Gasteiger charge is -2.30. The molecule has 2 amide bonds. The van der Waals surface area contributed by atoms with Gasteiger partial charge in [0.2, 0.25) is 5.91 Å². The van der Waals surface area contributed by atoms with E-state index in [1.165, 1.54) is 35.5 Å². The Morgan fingerprint density at radius 1 is 0.844 bits per heavy atom. The molecule has 164 valence electrons. The Bertz CT molecular complexity index is 1270. The molecule has 1 aliphatic rings. The maximum atomic E-state index is 13.3. The Morgan fingerprint density at radius 3 is 2.16 bits per heavy atom. The summed E-state index contributed by atoms with van der Waals surface area (Å²) >= 11 is 0. The van der Waals surface area contributed by atoms with Crippen molar-refractivity contribution in [1.82, 2.24) is 0 Å². The highest BCUT2D eigenvalue weighted by atomic mass is 32.2. The molecule has 1 heterocycles. The van der Waals surface area contributed by atoms with Crippen molar-refractivity contribution >= 4 is 38.9 Å². The SMILES string of the molecule is CC(=O)Nc1ccccc1NC(=O)c1ccc(S(=O)(=O)N2CCCc3ccccc32)cc1. The third-order valence-electron chi connectivity index (χ3n) is 5.26. The van der Waals surface area contributed by atoms with Crippen molar-refractivity contribution in [3.8, 4) is 0 Å². The van der Waals surface area contributed by atoms with Crippen molar-refractivity contribution in [2.45, 2.75) is 24.7 Å². The van der Waals surface area contributed by atoms with E-state index in [-0.39, 0.29) is 10.8 Å². The van der Waals surface area contributed by atoms with E-state index in [9.17, 15) is 18.0 Å². The van der Waals surface area contributed by atoms with Gasteiger partial charge < -0.3 is 10.6 Å². The first-order chi connectivity index (χ1) is 15.4. The van der Waals surface area contributed by atoms with Crippen LogP contribution in [0.1, 0.15) is 29.3 Å². The summed E-state index contributed by atoms with van der Waals surface area (Å²) in [6.07, 6.45) is 1.60. The van der Waals surface area contributed by atoms with Crippen LogP contribution in [0.25, 0.3) is 0 Å². The number of hydrogen-bond donors (Lipinski definition) is 2. The van der Waals surface area contributed by atoms with Crippen molar-refractivity contribution in [2.24, 2.45) is 0 Å². The van der Waals surface area contributed by atoms with Gasteiger partial charge in [0.05, 0.1) is 22.0 Å². The third kappa shape index (κ3) is 4.36. The van der Waals surface area contributed by atoms with Crippen molar-refractivity contribution in [3.63, 3.8) is 0 Å². The highest BCUT2D eigenvalue weighted by Gasteiger charge is 2.29. The summed E-state index contributed by atoms with van der Waals surface area (Å²) in [5, 5.41) is 5.42. The summed E-state index contributed by atoms with van der Waals surface area (Å²) in [7, 11) is -3.74. The van der Waals surface area contributed by atoms with Crippen LogP contribution in [0.15, 0.2) is 77.7 Å². The van der Waals surface area contributed by atoms with Crippen molar-refractivity contribution < 1.29 is 18.0 Å². The van der Waals surface area contributed by atoms with Gasteiger partial charge >= 0.3 is 0 Å². The van der Waals surface area contributed by atoms with Gasteiger partial charge in [-0.05, 0) is 60.9 Å². The van der Waals surface area contributed by atoms with Crippen LogP contribution in [-0.2, 0) is 21.2 Å². The molecule has 8 heteroatoms. The molecule has 0 unspecified atom stereocenters. The fourth-order valence-corrected chi connectivity index (χ4v) is 5.28. The summed E-state index contributed by atoms with van der Waals surface area (Å²) in [5.74, 6) is -0.657. The summed E-state index contributed by atoms with van der Waals surface area (Å²) in [6, 6.07) is 20.2. The Labute approximate surface area is 187 Å². The molecule has 2 N–H and O–H groups in total. The zero-order chi connectivity index (χ0) is 22.7. The van der Waals surface area contributed by atoms with Gasteiger partial charge in [0.25, 0.3) is 15.9 Å². The molecule has 0 bridgehead atoms. The van der Waals surface area contributed by atoms with Crippen LogP contribution in [0.4, 0.5) is 17.1 Å². The number of hydrogen-bond acceptors (Lipinski definition) is 4. The lowest BCUT2D eigenvalue weighted by atomic mass is 10.0. The minimum absolute atomic E-state index is 0.129. The second-order valence-electron chi connectivity index (χ2n) is 7.51. The average molecular weight is 450 g/mol. The molecular formula is C24H23N3O4S. The maximum Gasteiger partial charge on any atom is 0.264 e. The topological polar surface area (TPSA) is 95.6 Å². The van der Waals surface area contributed by atoms with Crippen molar-refractivity contribution in [2.75, 3.05) is 21.5 Å². The highest BCUT2D eigenvalue weighted by Crippen LogP contribution is 2.32. The first-order valence-corrected chi connectivity index (χ1v) is 11.7. The quantitative estimate of drug-likeness (QED) is 0.615. The largest absolute Gasteiger partial charge is 0.325 e. The molecule has 3 aromatic rings. The monoisotopic (exact) mass is 449 g/mol. The van der Waals surface area contributed by atoms with Gasteiger partial charge in [-0.15, -0.1) is 0 Å². The molecule has 32 heavy (non-hydrogen) atoms. The van der Waals surface area contributed by atoms with Crippen LogP contribution >= 0.6 is 0 Å². The molecule has 0 atom stereocenters. The van der Waals surface area contributed by atoms with Gasteiger partial charge in [-0.2, -0.15) is 0 Å². The number of carbonyl (C=O) groups is 2. The number of anilines is 3. The molecule has 7 nitrogen and oxygen atoms in total. The second kappa shape index (κ2) is 8.84. The molecule has 0 fully saturated rings. The van der Waals surface area contributed by atoms with Crippen LogP contribution in [0, 0.1) is 0 Å². The molecule has 0 saturated heterocycles. The third-order valence-corrected chi connectivity index (χ3v) is 7.09. The smallest absolute Gasteiger partial charge is 0.264 e. The number of rotatable bonds is 5. The first-order valence-electron chi connectivity index (χ1n) is 10.2. The number of nitrogens with zero attached hydrogens (tertiary/aromatic N) is 1. The number of nitrogens with one attached hydrogen (secondary N) is 2. The predicted octanol–water partition coefficient (Wildman–Crippen LogP) is 4.04. The Morgan fingerprint density at radius 2 is 1.47 bits per heavy atom. The fourth-order valence-electron chi connectivity index (χ4n) is 3.74. The van der Waals surface area contributed by atoms with Crippen LogP contribution in [-0.4, -0.2) is 26.8 Å². The van der Waals surface area contributed by atoms with Gasteiger partial charge in [0.1, 0.15) is 0 Å². The van der Waals surface area contributed by atoms with E-state index in [1.54, 1.807) is 24.3 Å². The zero-order valence-corrected chi connectivity index (χ0v) is 18.4. The van der Waals surface area contributed by atoms with Gasteiger partial charge in [-0.3, -0.25) is 13.9 Å². The molecule has 1 aliphatic heterocycles. The number of carbonyl (C=O) groups excluding carboxylic acids is 2. The number of amides is 2. The van der Waals surface area contributed by atoms with E-state index in [0.717, 1.165) is 18.4 Å². The molecule has 0 spiro atoms. The van der Waals surface area contributed by atoms with Crippen LogP contribution in [0.2, 0.25) is 0 Å². The summed E-state index contributed by atoms with van der Waals surface area (Å²) in [5.41, 5.74) is 2.96. The molecule has 4 rings (SSSR count). The lowest BCUT2D eigenvalue weighted by Crippen LogP contribution is -2.35. The average Bonchev–Trinajstić information content (AvgIpc) is 2.79. The van der Waals surface area contributed by atoms with E-state index in [1.807, 2.05) is 24.3 Å². The zero-order valence-electron chi connectivity index (χ0n) is 17.5. The van der Waals surface area contributed by atoms with E-state index >= 15 is 0 Å². The van der Waals surface area contributed by atoms with Crippen molar-refractivity contribution in [3.05, 3.63) is 83.9 Å². The first kappa shape index (κ1) is 21.6. The molecule has 0 aromatic heterocycles. The van der Waals surface area contributed by atoms with E-state index in [0.29, 0.717) is 29.2 Å². The van der Waals surface area contributed by atoms with Crippen LogP contribution < -0.4 is 14.9 Å². The van der Waals surface area contributed by atoms with Crippen molar-refractivity contribution in [1.29, 1.82) is 0 Å². The Hall–Kier alpha value is -3.65. The predicted molar refractivity (Wildman–Crippen MR) is 124 cm³/mol. The Kier molecular flexibility index (Phi) is 5.96. The normalized spacial score (nSPS) is 13.2. The molecule has 3 aromatic carbocycles. The molecule has 0 aliphatic carbocycles. The number of aryl methyl sites for hydroxylation is 1. The van der Waals surface area contributed by atoms with Crippen LogP contribution in [0.5, 0.6) is 0 Å². The highest BCUT2D eigenvalue weighted by molar-refractivity contribution is 7.92. The number of fused-ring (bicyclic) bond motifs is 1. The van der Waals surface area contributed by atoms with Gasteiger partial charge in [-0.25, -0.2) is 8.42 Å². The molecule has 0 radical (unpaired) electrons. The van der Waals surface area contributed by atoms with E-state index in [4.69, 9.17) is 0 Å².